The largest absolute Gasteiger partial charge is 0.494 e. The maximum absolute atomic E-state index is 9.58. The third-order valence-corrected chi connectivity index (χ3v) is 5.88. The van der Waals surface area contributed by atoms with E-state index in [0.717, 1.165) is 34.8 Å². The first-order valence-electron chi connectivity index (χ1n) is 7.77. The van der Waals surface area contributed by atoms with Crippen molar-refractivity contribution in [3.05, 3.63) is 28.2 Å². The number of hydrogen-bond acceptors (Lipinski definition) is 3. The molecule has 5 heteroatoms. The molecule has 1 saturated carbocycles. The molecule has 1 aliphatic carbocycles. The van der Waals surface area contributed by atoms with E-state index < -0.39 is 7.12 Å². The molecule has 0 spiro atoms. The zero-order valence-corrected chi connectivity index (χ0v) is 15.2. The van der Waals surface area contributed by atoms with Gasteiger partial charge < -0.3 is 9.31 Å². The van der Waals surface area contributed by atoms with Crippen LogP contribution < -0.4 is 5.46 Å². The van der Waals surface area contributed by atoms with Crippen LogP contribution in [0.25, 0.3) is 0 Å². The molecule has 0 amide bonds. The van der Waals surface area contributed by atoms with Crippen molar-refractivity contribution in [3.63, 3.8) is 0 Å². The Morgan fingerprint density at radius 2 is 1.68 bits per heavy atom. The lowest BCUT2D eigenvalue weighted by molar-refractivity contribution is 0.00578. The van der Waals surface area contributed by atoms with Crippen LogP contribution >= 0.6 is 15.9 Å². The van der Waals surface area contributed by atoms with E-state index in [1.54, 1.807) is 0 Å². The highest BCUT2D eigenvalue weighted by Crippen LogP contribution is 2.44. The second-order valence-electron chi connectivity index (χ2n) is 7.41. The molecular formula is C17H21BBrNO2. The molecule has 22 heavy (non-hydrogen) atoms. The zero-order valence-electron chi connectivity index (χ0n) is 13.6. The first-order valence-corrected chi connectivity index (χ1v) is 8.56. The van der Waals surface area contributed by atoms with Crippen LogP contribution in [0.3, 0.4) is 0 Å². The fraction of sp³-hybridized carbons (Fsp3) is 0.588. The van der Waals surface area contributed by atoms with Gasteiger partial charge in [0, 0.05) is 4.47 Å². The smallest absolute Gasteiger partial charge is 0.399 e. The lowest BCUT2D eigenvalue weighted by Gasteiger charge is -2.36. The molecule has 2 aliphatic rings. The second-order valence-corrected chi connectivity index (χ2v) is 8.32. The van der Waals surface area contributed by atoms with Crippen LogP contribution in [0, 0.1) is 11.3 Å². The third kappa shape index (κ3) is 2.42. The molecule has 0 atom stereocenters. The van der Waals surface area contributed by atoms with Crippen LogP contribution in [0.5, 0.6) is 0 Å². The Balaban J connectivity index is 1.97. The van der Waals surface area contributed by atoms with E-state index in [-0.39, 0.29) is 16.6 Å². The molecule has 1 aromatic rings. The highest BCUT2D eigenvalue weighted by molar-refractivity contribution is 9.10. The Morgan fingerprint density at radius 1 is 1.09 bits per heavy atom. The summed E-state index contributed by atoms with van der Waals surface area (Å²) in [6.45, 7) is 8.20. The summed E-state index contributed by atoms with van der Waals surface area (Å²) < 4.78 is 13.2. The van der Waals surface area contributed by atoms with Gasteiger partial charge in [0.1, 0.15) is 0 Å². The maximum Gasteiger partial charge on any atom is 0.494 e. The summed E-state index contributed by atoms with van der Waals surface area (Å²) in [5.41, 5.74) is 1.000. The predicted octanol–water partition coefficient (Wildman–Crippen LogP) is 3.69. The van der Waals surface area contributed by atoms with Crippen molar-refractivity contribution in [1.82, 2.24) is 0 Å². The number of hydrogen-bond donors (Lipinski definition) is 0. The van der Waals surface area contributed by atoms with Crippen molar-refractivity contribution in [3.8, 4) is 6.07 Å². The second kappa shape index (κ2) is 5.09. The van der Waals surface area contributed by atoms with Gasteiger partial charge in [-0.05, 0) is 70.1 Å². The van der Waals surface area contributed by atoms with Crippen LogP contribution in [-0.4, -0.2) is 18.3 Å². The molecule has 116 valence electrons. The standard InChI is InChI=1S/C17H21BBrNO2/c1-15(2)16(3,4)22-18(21-15)13-8-12(9-14(19)10-13)17(11-20)6-5-7-17/h8-10H,5-7H2,1-4H3. The topological polar surface area (TPSA) is 42.2 Å². The van der Waals surface area contributed by atoms with Crippen LogP contribution in [0.4, 0.5) is 0 Å². The Hall–Kier alpha value is -0.825. The van der Waals surface area contributed by atoms with Crippen molar-refractivity contribution in [2.45, 2.75) is 63.6 Å². The number of nitrogens with zero attached hydrogens (tertiary/aromatic N) is 1. The van der Waals surface area contributed by atoms with Gasteiger partial charge in [-0.3, -0.25) is 0 Å². The number of nitriles is 1. The van der Waals surface area contributed by atoms with Crippen molar-refractivity contribution in [1.29, 1.82) is 5.26 Å². The summed E-state index contributed by atoms with van der Waals surface area (Å²) >= 11 is 3.57. The van der Waals surface area contributed by atoms with Crippen LogP contribution in [0.1, 0.15) is 52.5 Å². The summed E-state index contributed by atoms with van der Waals surface area (Å²) in [6.07, 6.45) is 2.98. The molecule has 0 bridgehead atoms. The quantitative estimate of drug-likeness (QED) is 0.754. The van der Waals surface area contributed by atoms with E-state index in [1.807, 2.05) is 6.07 Å². The predicted molar refractivity (Wildman–Crippen MR) is 91.0 cm³/mol. The van der Waals surface area contributed by atoms with Crippen LogP contribution in [0.15, 0.2) is 22.7 Å². The number of benzene rings is 1. The van der Waals surface area contributed by atoms with Gasteiger partial charge >= 0.3 is 7.12 Å². The van der Waals surface area contributed by atoms with Crippen molar-refractivity contribution < 1.29 is 9.31 Å². The molecule has 0 N–H and O–H groups in total. The van der Waals surface area contributed by atoms with Gasteiger partial charge in [0.2, 0.25) is 0 Å². The van der Waals surface area contributed by atoms with Gasteiger partial charge in [-0.2, -0.15) is 5.26 Å². The zero-order chi connectivity index (χ0) is 16.2. The molecule has 0 aromatic heterocycles. The fourth-order valence-corrected chi connectivity index (χ4v) is 3.51. The molecule has 0 unspecified atom stereocenters. The molecule has 3 rings (SSSR count). The van der Waals surface area contributed by atoms with E-state index in [9.17, 15) is 5.26 Å². The van der Waals surface area contributed by atoms with Gasteiger partial charge in [-0.15, -0.1) is 0 Å². The summed E-state index contributed by atoms with van der Waals surface area (Å²) in [5, 5.41) is 9.58. The molecular weight excluding hydrogens is 341 g/mol. The highest BCUT2D eigenvalue weighted by atomic mass is 79.9. The first kappa shape index (κ1) is 16.0. The summed E-state index contributed by atoms with van der Waals surface area (Å²) in [6, 6.07) is 8.66. The van der Waals surface area contributed by atoms with Gasteiger partial charge in [-0.25, -0.2) is 0 Å². The third-order valence-electron chi connectivity index (χ3n) is 5.42. The molecule has 1 saturated heterocycles. The fourth-order valence-electron chi connectivity index (χ4n) is 3.00. The van der Waals surface area contributed by atoms with E-state index in [2.05, 4.69) is 61.8 Å². The van der Waals surface area contributed by atoms with Crippen LogP contribution in [0.2, 0.25) is 0 Å². The molecule has 2 fully saturated rings. The van der Waals surface area contributed by atoms with Crippen molar-refractivity contribution >= 4 is 28.5 Å². The lowest BCUT2D eigenvalue weighted by Crippen LogP contribution is -2.41. The van der Waals surface area contributed by atoms with Gasteiger partial charge in [0.05, 0.1) is 22.7 Å². The molecule has 1 aliphatic heterocycles. The Labute approximate surface area is 141 Å². The molecule has 3 nitrogen and oxygen atoms in total. The van der Waals surface area contributed by atoms with E-state index in [4.69, 9.17) is 9.31 Å². The Bertz CT molecular complexity index is 631. The summed E-state index contributed by atoms with van der Waals surface area (Å²) in [4.78, 5) is 0. The monoisotopic (exact) mass is 361 g/mol. The number of halogens is 1. The van der Waals surface area contributed by atoms with Crippen LogP contribution in [-0.2, 0) is 14.7 Å². The van der Waals surface area contributed by atoms with Gasteiger partial charge in [0.15, 0.2) is 0 Å². The maximum atomic E-state index is 9.58. The van der Waals surface area contributed by atoms with Crippen molar-refractivity contribution in [2.24, 2.45) is 0 Å². The van der Waals surface area contributed by atoms with E-state index in [1.165, 1.54) is 0 Å². The number of rotatable bonds is 2. The molecule has 0 radical (unpaired) electrons. The molecule has 1 aromatic carbocycles. The van der Waals surface area contributed by atoms with Crippen molar-refractivity contribution in [2.75, 3.05) is 0 Å². The normalized spacial score (nSPS) is 24.6. The van der Waals surface area contributed by atoms with E-state index in [0.29, 0.717) is 0 Å². The van der Waals surface area contributed by atoms with Gasteiger partial charge in [0.25, 0.3) is 0 Å². The van der Waals surface area contributed by atoms with E-state index >= 15 is 0 Å². The molecule has 1 heterocycles. The Morgan fingerprint density at radius 3 is 2.14 bits per heavy atom. The minimum Gasteiger partial charge on any atom is -0.399 e. The average Bonchev–Trinajstić information content (AvgIpc) is 2.57. The minimum absolute atomic E-state index is 0.331. The van der Waals surface area contributed by atoms with Gasteiger partial charge in [-0.1, -0.05) is 22.0 Å². The SMILES string of the molecule is CC1(C)OB(c2cc(Br)cc(C3(C#N)CCC3)c2)OC1(C)C. The first-order chi connectivity index (χ1) is 10.2. The average molecular weight is 362 g/mol. The summed E-state index contributed by atoms with van der Waals surface area (Å²) in [7, 11) is -0.392. The highest BCUT2D eigenvalue weighted by Gasteiger charge is 2.52. The lowest BCUT2D eigenvalue weighted by atomic mass is 9.64. The summed E-state index contributed by atoms with van der Waals surface area (Å²) in [5.74, 6) is 0. The minimum atomic E-state index is -0.392. The Kier molecular flexibility index (Phi) is 3.71.